The summed E-state index contributed by atoms with van der Waals surface area (Å²) in [5, 5.41) is 18.3. The molecule has 0 aromatic carbocycles. The number of hydrogen-bond acceptors (Lipinski definition) is 5. The topological polar surface area (TPSA) is 111 Å². The normalized spacial score (nSPS) is 23.7. The average Bonchev–Trinajstić information content (AvgIpc) is 3.26. The lowest BCUT2D eigenvalue weighted by atomic mass is 9.84. The molecule has 1 aliphatic carbocycles. The number of hydrogen-bond donors (Lipinski definition) is 4. The Labute approximate surface area is 178 Å². The van der Waals surface area contributed by atoms with E-state index in [1.165, 1.54) is 24.8 Å². The summed E-state index contributed by atoms with van der Waals surface area (Å²) in [6.07, 6.45) is 10.9. The van der Waals surface area contributed by atoms with Gasteiger partial charge in [0.2, 0.25) is 11.8 Å². The molecule has 1 saturated carbocycles. The van der Waals surface area contributed by atoms with Crippen LogP contribution in [0.4, 0.5) is 0 Å². The van der Waals surface area contributed by atoms with E-state index in [1.54, 1.807) is 4.90 Å². The van der Waals surface area contributed by atoms with Crippen molar-refractivity contribution in [3.8, 4) is 0 Å². The minimum Gasteiger partial charge on any atom is -0.480 e. The molecule has 0 spiro atoms. The SMILES string of the molecule is O=C(O)CN[C@H](CC1CCCCC1)C(=O)N1CCC[C@H]1C(=O)NCC1=CCNCC1. The number of nitrogens with zero attached hydrogens (tertiary/aromatic N) is 1. The number of carbonyl (C=O) groups is 3. The fraction of sp³-hybridized carbons (Fsp3) is 0.773. The second-order valence-electron chi connectivity index (χ2n) is 8.79. The number of carboxylic acid groups (broad SMARTS) is 1. The van der Waals surface area contributed by atoms with Crippen molar-refractivity contribution in [3.05, 3.63) is 11.6 Å². The Hall–Kier alpha value is -1.93. The van der Waals surface area contributed by atoms with Crippen LogP contribution in [0.2, 0.25) is 0 Å². The Morgan fingerprint density at radius 2 is 1.97 bits per heavy atom. The molecule has 2 aliphatic heterocycles. The zero-order chi connectivity index (χ0) is 21.3. The molecule has 2 amide bonds. The molecule has 3 aliphatic rings. The van der Waals surface area contributed by atoms with Gasteiger partial charge in [-0.25, -0.2) is 0 Å². The van der Waals surface area contributed by atoms with E-state index >= 15 is 0 Å². The lowest BCUT2D eigenvalue weighted by Gasteiger charge is -2.31. The molecule has 8 nitrogen and oxygen atoms in total. The van der Waals surface area contributed by atoms with Gasteiger partial charge in [0.05, 0.1) is 12.6 Å². The van der Waals surface area contributed by atoms with Crippen LogP contribution in [0.5, 0.6) is 0 Å². The van der Waals surface area contributed by atoms with E-state index in [2.05, 4.69) is 22.0 Å². The number of amides is 2. The third-order valence-electron chi connectivity index (χ3n) is 6.58. The second-order valence-corrected chi connectivity index (χ2v) is 8.79. The van der Waals surface area contributed by atoms with Crippen LogP contribution in [0.1, 0.15) is 57.8 Å². The Kier molecular flexibility index (Phi) is 8.69. The van der Waals surface area contributed by atoms with E-state index in [-0.39, 0.29) is 18.4 Å². The average molecular weight is 421 g/mol. The number of carbonyl (C=O) groups excluding carboxylic acids is 2. The smallest absolute Gasteiger partial charge is 0.317 e. The van der Waals surface area contributed by atoms with Gasteiger partial charge in [0.25, 0.3) is 0 Å². The van der Waals surface area contributed by atoms with Crippen LogP contribution in [0.25, 0.3) is 0 Å². The van der Waals surface area contributed by atoms with E-state index in [1.807, 2.05) is 0 Å². The maximum Gasteiger partial charge on any atom is 0.317 e. The number of carboxylic acids is 1. The van der Waals surface area contributed by atoms with Crippen molar-refractivity contribution in [2.45, 2.75) is 69.9 Å². The summed E-state index contributed by atoms with van der Waals surface area (Å²) in [5.41, 5.74) is 1.22. The van der Waals surface area contributed by atoms with E-state index in [0.29, 0.717) is 31.8 Å². The molecule has 0 aromatic heterocycles. The van der Waals surface area contributed by atoms with Crippen molar-refractivity contribution < 1.29 is 19.5 Å². The highest BCUT2D eigenvalue weighted by molar-refractivity contribution is 5.90. The van der Waals surface area contributed by atoms with E-state index in [4.69, 9.17) is 5.11 Å². The van der Waals surface area contributed by atoms with Gasteiger partial charge in [-0.1, -0.05) is 43.8 Å². The molecule has 2 fully saturated rings. The fourth-order valence-corrected chi connectivity index (χ4v) is 4.89. The maximum atomic E-state index is 13.3. The number of nitrogens with one attached hydrogen (secondary N) is 3. The summed E-state index contributed by atoms with van der Waals surface area (Å²) in [4.78, 5) is 38.9. The highest BCUT2D eigenvalue weighted by atomic mass is 16.4. The molecule has 0 unspecified atom stereocenters. The number of rotatable bonds is 9. The largest absolute Gasteiger partial charge is 0.480 e. The van der Waals surface area contributed by atoms with Gasteiger partial charge >= 0.3 is 5.97 Å². The van der Waals surface area contributed by atoms with Crippen molar-refractivity contribution in [3.63, 3.8) is 0 Å². The molecule has 0 radical (unpaired) electrons. The van der Waals surface area contributed by atoms with Gasteiger partial charge in [0.1, 0.15) is 6.04 Å². The van der Waals surface area contributed by atoms with Crippen molar-refractivity contribution in [1.29, 1.82) is 0 Å². The monoisotopic (exact) mass is 420 g/mol. The van der Waals surface area contributed by atoms with Crippen LogP contribution >= 0.6 is 0 Å². The van der Waals surface area contributed by atoms with Gasteiger partial charge in [-0.2, -0.15) is 0 Å². The van der Waals surface area contributed by atoms with Crippen LogP contribution < -0.4 is 16.0 Å². The highest BCUT2D eigenvalue weighted by Gasteiger charge is 2.37. The van der Waals surface area contributed by atoms with Gasteiger partial charge in [-0.05, 0) is 38.1 Å². The van der Waals surface area contributed by atoms with E-state index < -0.39 is 18.1 Å². The minimum absolute atomic E-state index is 0.102. The summed E-state index contributed by atoms with van der Waals surface area (Å²) in [7, 11) is 0. The first-order valence-corrected chi connectivity index (χ1v) is 11.5. The van der Waals surface area contributed by atoms with E-state index in [0.717, 1.165) is 38.8 Å². The Balaban J connectivity index is 1.59. The second kappa shape index (κ2) is 11.5. The fourth-order valence-electron chi connectivity index (χ4n) is 4.89. The Morgan fingerprint density at radius 1 is 1.17 bits per heavy atom. The molecule has 30 heavy (non-hydrogen) atoms. The first-order valence-electron chi connectivity index (χ1n) is 11.5. The summed E-state index contributed by atoms with van der Waals surface area (Å²) in [5.74, 6) is -0.756. The molecule has 3 rings (SSSR count). The number of aliphatic carboxylic acids is 1. The third-order valence-corrected chi connectivity index (χ3v) is 6.58. The molecule has 1 saturated heterocycles. The maximum absolute atomic E-state index is 13.3. The number of likely N-dealkylation sites (tertiary alicyclic amines) is 1. The van der Waals surface area contributed by atoms with Crippen molar-refractivity contribution in [1.82, 2.24) is 20.9 Å². The summed E-state index contributed by atoms with van der Waals surface area (Å²) < 4.78 is 0. The summed E-state index contributed by atoms with van der Waals surface area (Å²) >= 11 is 0. The Bertz CT molecular complexity index is 645. The molecular weight excluding hydrogens is 384 g/mol. The first-order chi connectivity index (χ1) is 14.5. The lowest BCUT2D eigenvalue weighted by molar-refractivity contribution is -0.141. The standard InChI is InChI=1S/C22H36N4O4/c27-20(28)15-24-18(13-16-5-2-1-3-6-16)22(30)26-12-4-7-19(26)21(29)25-14-17-8-10-23-11-9-17/h8,16,18-19,23-24H,1-7,9-15H2,(H,25,29)(H,27,28)/t18-,19+/m1/s1. The van der Waals surface area contributed by atoms with Crippen LogP contribution in [0.15, 0.2) is 11.6 Å². The quantitative estimate of drug-likeness (QED) is 0.415. The predicted molar refractivity (Wildman–Crippen MR) is 114 cm³/mol. The first kappa shape index (κ1) is 22.7. The lowest BCUT2D eigenvalue weighted by Crippen LogP contribution is -2.53. The summed E-state index contributed by atoms with van der Waals surface area (Å²) in [6, 6.07) is -0.995. The molecular formula is C22H36N4O4. The zero-order valence-electron chi connectivity index (χ0n) is 17.8. The van der Waals surface area contributed by atoms with Crippen molar-refractivity contribution >= 4 is 17.8 Å². The minimum atomic E-state index is -0.970. The van der Waals surface area contributed by atoms with Gasteiger partial charge in [0, 0.05) is 19.6 Å². The Morgan fingerprint density at radius 3 is 2.67 bits per heavy atom. The van der Waals surface area contributed by atoms with Crippen LogP contribution in [-0.2, 0) is 14.4 Å². The van der Waals surface area contributed by atoms with Gasteiger partial charge in [-0.15, -0.1) is 0 Å². The van der Waals surface area contributed by atoms with E-state index in [9.17, 15) is 14.4 Å². The molecule has 2 atom stereocenters. The third kappa shape index (κ3) is 6.54. The van der Waals surface area contributed by atoms with Crippen LogP contribution in [-0.4, -0.2) is 72.6 Å². The molecule has 4 N–H and O–H groups in total. The highest BCUT2D eigenvalue weighted by Crippen LogP contribution is 2.29. The van der Waals surface area contributed by atoms with Gasteiger partial charge < -0.3 is 20.6 Å². The van der Waals surface area contributed by atoms with Crippen molar-refractivity contribution in [2.75, 3.05) is 32.7 Å². The molecule has 0 aromatic rings. The summed E-state index contributed by atoms with van der Waals surface area (Å²) in [6.45, 7) is 2.60. The van der Waals surface area contributed by atoms with Gasteiger partial charge in [-0.3, -0.25) is 19.7 Å². The molecule has 168 valence electrons. The molecule has 0 bridgehead atoms. The van der Waals surface area contributed by atoms with Crippen LogP contribution in [0.3, 0.4) is 0 Å². The van der Waals surface area contributed by atoms with Crippen molar-refractivity contribution in [2.24, 2.45) is 5.92 Å². The van der Waals surface area contributed by atoms with Crippen LogP contribution in [0, 0.1) is 5.92 Å². The molecule has 8 heteroatoms. The predicted octanol–water partition coefficient (Wildman–Crippen LogP) is 1.03. The zero-order valence-corrected chi connectivity index (χ0v) is 17.8. The van der Waals surface area contributed by atoms with Gasteiger partial charge in [0.15, 0.2) is 0 Å². The molecule has 2 heterocycles.